The third-order valence-electron chi connectivity index (χ3n) is 1.99. The highest BCUT2D eigenvalue weighted by atomic mass is 79.9. The van der Waals surface area contributed by atoms with Crippen molar-refractivity contribution in [1.29, 1.82) is 0 Å². The predicted octanol–water partition coefficient (Wildman–Crippen LogP) is 2.65. The maximum atomic E-state index is 4.04. The lowest BCUT2D eigenvalue weighted by Crippen LogP contribution is -2.34. The predicted molar refractivity (Wildman–Crippen MR) is 61.4 cm³/mol. The third-order valence-corrected chi connectivity index (χ3v) is 3.47. The summed E-state index contributed by atoms with van der Waals surface area (Å²) >= 11 is 5.20. The number of thiazole rings is 1. The molecule has 0 fully saturated rings. The van der Waals surface area contributed by atoms with Gasteiger partial charge in [0.05, 0.1) is 5.51 Å². The van der Waals surface area contributed by atoms with Crippen LogP contribution in [0.3, 0.4) is 0 Å². The number of halogens is 1. The lowest BCUT2D eigenvalue weighted by molar-refractivity contribution is 0.435. The minimum absolute atomic E-state index is 0.544. The molecule has 1 N–H and O–H groups in total. The average molecular weight is 263 g/mol. The van der Waals surface area contributed by atoms with Crippen molar-refractivity contribution in [2.75, 3.05) is 5.33 Å². The van der Waals surface area contributed by atoms with Crippen LogP contribution in [0.15, 0.2) is 11.7 Å². The van der Waals surface area contributed by atoms with Gasteiger partial charge < -0.3 is 5.32 Å². The summed E-state index contributed by atoms with van der Waals surface area (Å²) in [4.78, 5) is 5.34. The highest BCUT2D eigenvalue weighted by molar-refractivity contribution is 9.09. The molecule has 1 rings (SSSR count). The quantitative estimate of drug-likeness (QED) is 0.826. The van der Waals surface area contributed by atoms with Crippen LogP contribution < -0.4 is 5.32 Å². The van der Waals surface area contributed by atoms with Gasteiger partial charge in [0.1, 0.15) is 0 Å². The molecule has 0 aromatic carbocycles. The molecule has 13 heavy (non-hydrogen) atoms. The van der Waals surface area contributed by atoms with Crippen molar-refractivity contribution in [1.82, 2.24) is 10.3 Å². The molecule has 0 saturated heterocycles. The average Bonchev–Trinajstić information content (AvgIpc) is 2.57. The second kappa shape index (κ2) is 5.73. The molecule has 1 atom stereocenters. The molecule has 0 radical (unpaired) electrons. The van der Waals surface area contributed by atoms with Gasteiger partial charge in [-0.3, -0.25) is 4.98 Å². The van der Waals surface area contributed by atoms with E-state index in [2.05, 4.69) is 40.1 Å². The van der Waals surface area contributed by atoms with E-state index in [1.54, 1.807) is 11.3 Å². The first kappa shape index (κ1) is 11.1. The summed E-state index contributed by atoms with van der Waals surface area (Å²) in [6, 6.07) is 0.544. The Labute approximate surface area is 91.9 Å². The fourth-order valence-electron chi connectivity index (χ4n) is 1.03. The first-order valence-corrected chi connectivity index (χ1v) is 6.41. The number of hydrogen-bond acceptors (Lipinski definition) is 3. The molecule has 1 aromatic rings. The molecule has 1 aromatic heterocycles. The highest BCUT2D eigenvalue weighted by Gasteiger charge is 2.10. The smallest absolute Gasteiger partial charge is 0.0794 e. The topological polar surface area (TPSA) is 24.9 Å². The zero-order chi connectivity index (χ0) is 9.68. The Kier molecular flexibility index (Phi) is 4.91. The number of nitrogens with zero attached hydrogens (tertiary/aromatic N) is 1. The summed E-state index contributed by atoms with van der Waals surface area (Å²) < 4.78 is 0. The van der Waals surface area contributed by atoms with Gasteiger partial charge in [0, 0.05) is 29.0 Å². The Morgan fingerprint density at radius 2 is 2.38 bits per heavy atom. The highest BCUT2D eigenvalue weighted by Crippen LogP contribution is 2.09. The standard InChI is InChI=1S/C9H15BrN2S/c1-7(2)9(3-10)12-5-8-4-11-6-13-8/h4,6-7,9,12H,3,5H2,1-2H3. The van der Waals surface area contributed by atoms with Gasteiger partial charge in [-0.2, -0.15) is 0 Å². The number of hydrogen-bond donors (Lipinski definition) is 1. The SMILES string of the molecule is CC(C)C(CBr)NCc1cncs1. The van der Waals surface area contributed by atoms with E-state index in [1.807, 2.05) is 11.7 Å². The van der Waals surface area contributed by atoms with Crippen LogP contribution in [0, 0.1) is 5.92 Å². The van der Waals surface area contributed by atoms with E-state index < -0.39 is 0 Å². The maximum Gasteiger partial charge on any atom is 0.0794 e. The molecule has 0 aliphatic carbocycles. The van der Waals surface area contributed by atoms with E-state index in [0.29, 0.717) is 12.0 Å². The van der Waals surface area contributed by atoms with Gasteiger partial charge in [-0.25, -0.2) is 0 Å². The van der Waals surface area contributed by atoms with E-state index in [9.17, 15) is 0 Å². The first-order chi connectivity index (χ1) is 6.24. The van der Waals surface area contributed by atoms with Crippen molar-refractivity contribution in [3.8, 4) is 0 Å². The Bertz CT molecular complexity index is 224. The number of alkyl halides is 1. The summed E-state index contributed by atoms with van der Waals surface area (Å²) in [5, 5.41) is 4.50. The van der Waals surface area contributed by atoms with Gasteiger partial charge in [-0.05, 0) is 5.92 Å². The molecule has 0 bridgehead atoms. The van der Waals surface area contributed by atoms with Crippen molar-refractivity contribution in [3.63, 3.8) is 0 Å². The van der Waals surface area contributed by atoms with E-state index in [-0.39, 0.29) is 0 Å². The lowest BCUT2D eigenvalue weighted by Gasteiger charge is -2.19. The van der Waals surface area contributed by atoms with Crippen molar-refractivity contribution in [2.24, 2.45) is 5.92 Å². The molecule has 1 unspecified atom stereocenters. The molecular formula is C9H15BrN2S. The zero-order valence-electron chi connectivity index (χ0n) is 7.96. The molecule has 74 valence electrons. The Hall–Kier alpha value is 0.0700. The molecule has 0 spiro atoms. The maximum absolute atomic E-state index is 4.04. The van der Waals surface area contributed by atoms with Crippen molar-refractivity contribution >= 4 is 27.3 Å². The molecule has 4 heteroatoms. The van der Waals surface area contributed by atoms with Crippen LogP contribution in [0.5, 0.6) is 0 Å². The van der Waals surface area contributed by atoms with E-state index in [4.69, 9.17) is 0 Å². The van der Waals surface area contributed by atoms with Gasteiger partial charge in [-0.15, -0.1) is 11.3 Å². The van der Waals surface area contributed by atoms with Crippen LogP contribution >= 0.6 is 27.3 Å². The second-order valence-electron chi connectivity index (χ2n) is 3.35. The van der Waals surface area contributed by atoms with E-state index in [0.717, 1.165) is 11.9 Å². The Balaban J connectivity index is 2.32. The van der Waals surface area contributed by atoms with Crippen molar-refractivity contribution < 1.29 is 0 Å². The molecule has 0 saturated carbocycles. The fraction of sp³-hybridized carbons (Fsp3) is 0.667. The molecule has 1 heterocycles. The number of aromatic nitrogens is 1. The Morgan fingerprint density at radius 3 is 2.85 bits per heavy atom. The summed E-state index contributed by atoms with van der Waals surface area (Å²) in [6.07, 6.45) is 1.92. The number of rotatable bonds is 5. The zero-order valence-corrected chi connectivity index (χ0v) is 10.4. The van der Waals surface area contributed by atoms with Crippen LogP contribution in [-0.4, -0.2) is 16.4 Å². The van der Waals surface area contributed by atoms with Crippen LogP contribution in [-0.2, 0) is 6.54 Å². The first-order valence-electron chi connectivity index (χ1n) is 4.40. The summed E-state index contributed by atoms with van der Waals surface area (Å²) in [5.74, 6) is 0.660. The number of nitrogens with one attached hydrogen (secondary N) is 1. The van der Waals surface area contributed by atoms with Gasteiger partial charge in [0.2, 0.25) is 0 Å². The summed E-state index contributed by atoms with van der Waals surface area (Å²) in [5.41, 5.74) is 1.87. The van der Waals surface area contributed by atoms with Gasteiger partial charge in [-0.1, -0.05) is 29.8 Å². The fourth-order valence-corrected chi connectivity index (χ4v) is 2.55. The normalized spacial score (nSPS) is 13.5. The molecule has 0 amide bonds. The summed E-state index contributed by atoms with van der Waals surface area (Å²) in [7, 11) is 0. The monoisotopic (exact) mass is 262 g/mol. The minimum Gasteiger partial charge on any atom is -0.308 e. The van der Waals surface area contributed by atoms with Gasteiger partial charge in [0.15, 0.2) is 0 Å². The Morgan fingerprint density at radius 1 is 1.62 bits per heavy atom. The molecule has 0 aliphatic rings. The van der Waals surface area contributed by atoms with Gasteiger partial charge >= 0.3 is 0 Å². The lowest BCUT2D eigenvalue weighted by atomic mass is 10.1. The van der Waals surface area contributed by atoms with E-state index in [1.165, 1.54) is 4.88 Å². The van der Waals surface area contributed by atoms with Crippen LogP contribution in [0.25, 0.3) is 0 Å². The second-order valence-corrected chi connectivity index (χ2v) is 4.97. The largest absolute Gasteiger partial charge is 0.308 e. The van der Waals surface area contributed by atoms with Crippen LogP contribution in [0.1, 0.15) is 18.7 Å². The molecular weight excluding hydrogens is 248 g/mol. The van der Waals surface area contributed by atoms with Crippen LogP contribution in [0.4, 0.5) is 0 Å². The molecule has 2 nitrogen and oxygen atoms in total. The van der Waals surface area contributed by atoms with E-state index >= 15 is 0 Å². The van der Waals surface area contributed by atoms with Crippen molar-refractivity contribution in [3.05, 3.63) is 16.6 Å². The third kappa shape index (κ3) is 3.75. The minimum atomic E-state index is 0.544. The van der Waals surface area contributed by atoms with Crippen molar-refractivity contribution in [2.45, 2.75) is 26.4 Å². The van der Waals surface area contributed by atoms with Gasteiger partial charge in [0.25, 0.3) is 0 Å². The molecule has 0 aliphatic heterocycles. The van der Waals surface area contributed by atoms with Crippen LogP contribution in [0.2, 0.25) is 0 Å². The summed E-state index contributed by atoms with van der Waals surface area (Å²) in [6.45, 7) is 5.39.